The lowest BCUT2D eigenvalue weighted by Crippen LogP contribution is -2.44. The second kappa shape index (κ2) is 11.3. The number of ether oxygens (including phenoxy) is 1. The van der Waals surface area contributed by atoms with Crippen LogP contribution in [0.3, 0.4) is 0 Å². The van der Waals surface area contributed by atoms with Gasteiger partial charge in [0.25, 0.3) is 0 Å². The molecule has 0 saturated carbocycles. The van der Waals surface area contributed by atoms with Crippen LogP contribution in [0.2, 0.25) is 0 Å². The molecule has 39 heavy (non-hydrogen) atoms. The van der Waals surface area contributed by atoms with E-state index in [1.54, 1.807) is 18.4 Å². The van der Waals surface area contributed by atoms with Crippen LogP contribution in [0.15, 0.2) is 60.5 Å². The number of benzene rings is 2. The summed E-state index contributed by atoms with van der Waals surface area (Å²) in [6.07, 6.45) is 1.27. The number of carbonyl (C=O) groups is 1. The van der Waals surface area contributed by atoms with Gasteiger partial charge in [0, 0.05) is 57.6 Å². The minimum atomic E-state index is -0.277. The lowest BCUT2D eigenvalue weighted by Gasteiger charge is -2.35. The van der Waals surface area contributed by atoms with Crippen molar-refractivity contribution in [2.75, 3.05) is 74.9 Å². The molecule has 1 aliphatic rings. The number of nitrogens with one attached hydrogen (secondary N) is 2. The number of anilines is 5. The van der Waals surface area contributed by atoms with E-state index >= 15 is 0 Å². The van der Waals surface area contributed by atoms with Crippen molar-refractivity contribution >= 4 is 56.2 Å². The number of amides is 1. The van der Waals surface area contributed by atoms with Crippen LogP contribution >= 0.6 is 11.3 Å². The van der Waals surface area contributed by atoms with Crippen LogP contribution in [0.25, 0.3) is 21.5 Å². The Morgan fingerprint density at radius 1 is 1.10 bits per heavy atom. The van der Waals surface area contributed by atoms with Gasteiger partial charge >= 0.3 is 0 Å². The summed E-state index contributed by atoms with van der Waals surface area (Å²) in [7, 11) is 7.79. The smallest absolute Gasteiger partial charge is 0.247 e. The maximum atomic E-state index is 12.4. The van der Waals surface area contributed by atoms with E-state index in [1.807, 2.05) is 43.7 Å². The Morgan fingerprint density at radius 2 is 1.90 bits per heavy atom. The summed E-state index contributed by atoms with van der Waals surface area (Å²) in [6.45, 7) is 7.17. The van der Waals surface area contributed by atoms with Gasteiger partial charge in [-0.05, 0) is 42.8 Å². The van der Waals surface area contributed by atoms with Crippen molar-refractivity contribution < 1.29 is 9.53 Å². The molecule has 5 rings (SSSR count). The molecule has 1 aliphatic heterocycles. The zero-order valence-electron chi connectivity index (χ0n) is 22.7. The average molecular weight is 544 g/mol. The number of aromatic nitrogens is 2. The molecule has 1 saturated heterocycles. The molecule has 0 radical (unpaired) electrons. The van der Waals surface area contributed by atoms with Gasteiger partial charge in [0.1, 0.15) is 5.75 Å². The van der Waals surface area contributed by atoms with Gasteiger partial charge in [0.2, 0.25) is 11.9 Å². The van der Waals surface area contributed by atoms with E-state index in [-0.39, 0.29) is 5.91 Å². The van der Waals surface area contributed by atoms with Crippen LogP contribution in [-0.2, 0) is 4.79 Å². The second-order valence-corrected chi connectivity index (χ2v) is 10.6. The molecule has 2 aromatic carbocycles. The van der Waals surface area contributed by atoms with Crippen molar-refractivity contribution in [2.24, 2.45) is 0 Å². The van der Waals surface area contributed by atoms with Gasteiger partial charge in [-0.2, -0.15) is 0 Å². The third-order valence-corrected chi connectivity index (χ3v) is 7.70. The van der Waals surface area contributed by atoms with Gasteiger partial charge in [0.05, 0.1) is 40.1 Å². The minimum Gasteiger partial charge on any atom is -0.494 e. The Hall–Kier alpha value is -4.15. The maximum Gasteiger partial charge on any atom is 0.247 e. The van der Waals surface area contributed by atoms with Crippen molar-refractivity contribution in [3.8, 4) is 17.0 Å². The second-order valence-electron chi connectivity index (χ2n) is 9.65. The number of carbonyl (C=O) groups excluding carboxylic acids is 1. The molecule has 0 aliphatic carbocycles. The Kier molecular flexibility index (Phi) is 7.67. The SMILES string of the molecule is C=CC(=O)Nc1cc(Nc2nc(-c3cccc(N(C)C)c3)c3sccc3n2)c(OC)cc1N1CCN(C)CC1. The molecule has 1 amide bonds. The molecule has 10 heteroatoms. The van der Waals surface area contributed by atoms with Crippen molar-refractivity contribution in [2.45, 2.75) is 0 Å². The number of nitrogens with zero attached hydrogens (tertiary/aromatic N) is 5. The van der Waals surface area contributed by atoms with Gasteiger partial charge in [-0.3, -0.25) is 4.79 Å². The minimum absolute atomic E-state index is 0.277. The number of thiophene rings is 1. The van der Waals surface area contributed by atoms with E-state index in [2.05, 4.69) is 57.2 Å². The highest BCUT2D eigenvalue weighted by molar-refractivity contribution is 7.17. The van der Waals surface area contributed by atoms with Crippen LogP contribution in [0.1, 0.15) is 0 Å². The molecule has 1 fully saturated rings. The first-order valence-corrected chi connectivity index (χ1v) is 13.6. The van der Waals surface area contributed by atoms with Crippen molar-refractivity contribution in [3.05, 3.63) is 60.5 Å². The summed E-state index contributed by atoms with van der Waals surface area (Å²) >= 11 is 1.62. The number of hydrogen-bond donors (Lipinski definition) is 2. The normalized spacial score (nSPS) is 13.8. The fraction of sp³-hybridized carbons (Fsp3) is 0.276. The Labute approximate surface area is 232 Å². The first-order valence-electron chi connectivity index (χ1n) is 12.7. The standard InChI is InChI=1S/C29H33N7O2S/c1-6-26(37)30-22-17-23(25(38-5)18-24(22)36-13-11-35(4)12-14-36)32-29-31-21-10-15-39-28(21)27(33-29)19-8-7-9-20(16-19)34(2)3/h6-10,15-18H,1,11-14H2,2-5H3,(H,30,37)(H,31,32,33). The van der Waals surface area contributed by atoms with Gasteiger partial charge in [-0.15, -0.1) is 11.3 Å². The van der Waals surface area contributed by atoms with E-state index < -0.39 is 0 Å². The van der Waals surface area contributed by atoms with Crippen LogP contribution in [0.5, 0.6) is 5.75 Å². The maximum absolute atomic E-state index is 12.4. The van der Waals surface area contributed by atoms with E-state index in [1.165, 1.54) is 6.08 Å². The third-order valence-electron chi connectivity index (χ3n) is 6.79. The van der Waals surface area contributed by atoms with Gasteiger partial charge in [-0.1, -0.05) is 18.7 Å². The fourth-order valence-corrected chi connectivity index (χ4v) is 5.44. The summed E-state index contributed by atoms with van der Waals surface area (Å²) < 4.78 is 6.82. The molecule has 0 bridgehead atoms. The highest BCUT2D eigenvalue weighted by Gasteiger charge is 2.21. The average Bonchev–Trinajstić information content (AvgIpc) is 3.42. The topological polar surface area (TPSA) is 85.9 Å². The predicted molar refractivity (Wildman–Crippen MR) is 162 cm³/mol. The predicted octanol–water partition coefficient (Wildman–Crippen LogP) is 5.05. The Balaban J connectivity index is 1.56. The molecule has 4 aromatic rings. The van der Waals surface area contributed by atoms with Gasteiger partial charge in [0.15, 0.2) is 0 Å². The molecular formula is C29H33N7O2S. The molecule has 2 aromatic heterocycles. The van der Waals surface area contributed by atoms with E-state index in [0.717, 1.165) is 59.0 Å². The summed E-state index contributed by atoms with van der Waals surface area (Å²) in [6, 6.07) is 14.1. The van der Waals surface area contributed by atoms with Gasteiger partial charge in [-0.25, -0.2) is 9.97 Å². The van der Waals surface area contributed by atoms with Crippen molar-refractivity contribution in [1.82, 2.24) is 14.9 Å². The number of likely N-dealkylation sites (N-methyl/N-ethyl adjacent to an activating group) is 1. The lowest BCUT2D eigenvalue weighted by molar-refractivity contribution is -0.111. The summed E-state index contributed by atoms with van der Waals surface area (Å²) in [5.41, 5.74) is 6.03. The summed E-state index contributed by atoms with van der Waals surface area (Å²) in [4.78, 5) is 28.7. The summed E-state index contributed by atoms with van der Waals surface area (Å²) in [5.74, 6) is 0.795. The van der Waals surface area contributed by atoms with E-state index in [0.29, 0.717) is 23.1 Å². The third kappa shape index (κ3) is 5.67. The van der Waals surface area contributed by atoms with E-state index in [9.17, 15) is 4.79 Å². The Morgan fingerprint density at radius 3 is 2.62 bits per heavy atom. The molecule has 0 atom stereocenters. The highest BCUT2D eigenvalue weighted by atomic mass is 32.1. The molecule has 0 spiro atoms. The number of fused-ring (bicyclic) bond motifs is 1. The lowest BCUT2D eigenvalue weighted by atomic mass is 10.1. The van der Waals surface area contributed by atoms with Crippen LogP contribution in [0.4, 0.5) is 28.7 Å². The first kappa shape index (κ1) is 26.5. The van der Waals surface area contributed by atoms with E-state index in [4.69, 9.17) is 14.7 Å². The zero-order chi connectivity index (χ0) is 27.5. The van der Waals surface area contributed by atoms with Crippen molar-refractivity contribution in [3.63, 3.8) is 0 Å². The van der Waals surface area contributed by atoms with Crippen LogP contribution < -0.4 is 25.2 Å². The Bertz CT molecular complexity index is 1510. The highest BCUT2D eigenvalue weighted by Crippen LogP contribution is 2.40. The molecular weight excluding hydrogens is 510 g/mol. The quantitative estimate of drug-likeness (QED) is 0.299. The van der Waals surface area contributed by atoms with Crippen molar-refractivity contribution in [1.29, 1.82) is 0 Å². The fourth-order valence-electron chi connectivity index (χ4n) is 4.60. The van der Waals surface area contributed by atoms with Crippen LogP contribution in [-0.4, -0.2) is 75.2 Å². The van der Waals surface area contributed by atoms with Crippen LogP contribution in [0, 0.1) is 0 Å². The molecule has 3 heterocycles. The first-order chi connectivity index (χ1) is 18.9. The number of hydrogen-bond acceptors (Lipinski definition) is 9. The largest absolute Gasteiger partial charge is 0.494 e. The number of piperazine rings is 1. The number of methoxy groups -OCH3 is 1. The monoisotopic (exact) mass is 543 g/mol. The summed E-state index contributed by atoms with van der Waals surface area (Å²) in [5, 5.41) is 8.36. The molecule has 202 valence electrons. The van der Waals surface area contributed by atoms with Gasteiger partial charge < -0.3 is 30.1 Å². The zero-order valence-corrected chi connectivity index (χ0v) is 23.5. The molecule has 0 unspecified atom stereocenters. The number of rotatable bonds is 8. The molecule has 2 N–H and O–H groups in total. The molecule has 9 nitrogen and oxygen atoms in total.